The number of hydrogen-bond acceptors (Lipinski definition) is 5. The Morgan fingerprint density at radius 3 is 2.74 bits per heavy atom. The number of fused-ring (bicyclic) bond motifs is 2. The van der Waals surface area contributed by atoms with Crippen molar-refractivity contribution in [2.24, 2.45) is 5.84 Å². The molecule has 2 unspecified atom stereocenters. The molecule has 6 nitrogen and oxygen atoms in total. The molecule has 2 fully saturated rings. The lowest BCUT2D eigenvalue weighted by molar-refractivity contribution is 0.0287. The van der Waals surface area contributed by atoms with Crippen LogP contribution in [0.4, 0.5) is 5.82 Å². The molecule has 2 aliphatic heterocycles. The van der Waals surface area contributed by atoms with Crippen molar-refractivity contribution in [1.29, 1.82) is 0 Å². The van der Waals surface area contributed by atoms with Crippen LogP contribution in [-0.2, 0) is 0 Å². The second-order valence-corrected chi connectivity index (χ2v) is 5.30. The van der Waals surface area contributed by atoms with E-state index < -0.39 is 0 Å². The lowest BCUT2D eigenvalue weighted by atomic mass is 9.99. The molecule has 1 aromatic heterocycles. The third kappa shape index (κ3) is 2.17. The molecule has 4 N–H and O–H groups in total. The van der Waals surface area contributed by atoms with Crippen LogP contribution in [0.1, 0.15) is 36.0 Å². The maximum atomic E-state index is 12.6. The summed E-state index contributed by atoms with van der Waals surface area (Å²) in [6.07, 6.45) is 4.66. The maximum absolute atomic E-state index is 12.6. The van der Waals surface area contributed by atoms with Crippen LogP contribution in [-0.4, -0.2) is 39.1 Å². The topological polar surface area (TPSA) is 91.5 Å². The zero-order valence-corrected chi connectivity index (χ0v) is 10.6. The average molecular weight is 262 g/mol. The summed E-state index contributed by atoms with van der Waals surface area (Å²) in [5.41, 5.74) is 3.04. The number of nitrogen functional groups attached to an aromatic ring is 1. The van der Waals surface area contributed by atoms with Gasteiger partial charge in [0.15, 0.2) is 0 Å². The molecule has 1 aromatic rings. The smallest absolute Gasteiger partial charge is 0.254 e. The van der Waals surface area contributed by atoms with E-state index in [0.717, 1.165) is 12.8 Å². The predicted molar refractivity (Wildman–Crippen MR) is 70.3 cm³/mol. The number of pyridine rings is 1. The Bertz CT molecular complexity index is 479. The van der Waals surface area contributed by atoms with Gasteiger partial charge in [0.1, 0.15) is 5.82 Å². The van der Waals surface area contributed by atoms with Crippen molar-refractivity contribution in [2.45, 2.75) is 43.9 Å². The van der Waals surface area contributed by atoms with Crippen LogP contribution in [0.2, 0.25) is 0 Å². The van der Waals surface area contributed by atoms with Crippen molar-refractivity contribution in [3.63, 3.8) is 0 Å². The van der Waals surface area contributed by atoms with Gasteiger partial charge >= 0.3 is 0 Å². The second-order valence-electron chi connectivity index (χ2n) is 5.30. The van der Waals surface area contributed by atoms with Crippen molar-refractivity contribution in [3.05, 3.63) is 23.9 Å². The van der Waals surface area contributed by atoms with Gasteiger partial charge in [-0.05, 0) is 37.8 Å². The van der Waals surface area contributed by atoms with E-state index in [1.165, 1.54) is 0 Å². The van der Waals surface area contributed by atoms with Gasteiger partial charge in [0.25, 0.3) is 5.91 Å². The van der Waals surface area contributed by atoms with Crippen molar-refractivity contribution in [3.8, 4) is 0 Å². The van der Waals surface area contributed by atoms with Crippen molar-refractivity contribution < 1.29 is 9.90 Å². The largest absolute Gasteiger partial charge is 0.393 e. The van der Waals surface area contributed by atoms with Gasteiger partial charge in [0.2, 0.25) is 0 Å². The second kappa shape index (κ2) is 4.79. The van der Waals surface area contributed by atoms with Crippen LogP contribution in [0, 0.1) is 0 Å². The molecular formula is C13H18N4O2. The molecule has 19 heavy (non-hydrogen) atoms. The fraction of sp³-hybridized carbons (Fsp3) is 0.538. The highest BCUT2D eigenvalue weighted by atomic mass is 16.3. The molecule has 0 aliphatic carbocycles. The van der Waals surface area contributed by atoms with Gasteiger partial charge in [-0.25, -0.2) is 10.8 Å². The number of hydrazine groups is 1. The Morgan fingerprint density at radius 1 is 1.42 bits per heavy atom. The summed E-state index contributed by atoms with van der Waals surface area (Å²) >= 11 is 0. The summed E-state index contributed by atoms with van der Waals surface area (Å²) in [5, 5.41) is 9.77. The molecule has 2 aliphatic rings. The zero-order valence-electron chi connectivity index (χ0n) is 10.6. The third-order valence-corrected chi connectivity index (χ3v) is 4.10. The van der Waals surface area contributed by atoms with Gasteiger partial charge in [0.05, 0.1) is 6.10 Å². The van der Waals surface area contributed by atoms with Crippen molar-refractivity contribution >= 4 is 11.7 Å². The summed E-state index contributed by atoms with van der Waals surface area (Å²) in [5.74, 6) is 5.81. The molecular weight excluding hydrogens is 244 g/mol. The number of rotatable bonds is 2. The quantitative estimate of drug-likeness (QED) is 0.533. The van der Waals surface area contributed by atoms with Gasteiger partial charge in [0, 0.05) is 23.8 Å². The van der Waals surface area contributed by atoms with E-state index >= 15 is 0 Å². The first-order valence-corrected chi connectivity index (χ1v) is 6.62. The van der Waals surface area contributed by atoms with Crippen molar-refractivity contribution in [1.82, 2.24) is 9.88 Å². The lowest BCUT2D eigenvalue weighted by Crippen LogP contribution is -2.48. The lowest BCUT2D eigenvalue weighted by Gasteiger charge is -2.37. The summed E-state index contributed by atoms with van der Waals surface area (Å²) in [6, 6.07) is 3.70. The number of carbonyl (C=O) groups excluding carboxylic acids is 1. The number of hydrogen-bond donors (Lipinski definition) is 3. The van der Waals surface area contributed by atoms with E-state index in [1.54, 1.807) is 18.3 Å². The maximum Gasteiger partial charge on any atom is 0.254 e. The highest BCUT2D eigenvalue weighted by Crippen LogP contribution is 2.36. The molecule has 0 aromatic carbocycles. The SMILES string of the molecule is NNc1cc(C(=O)N2C3CCC2CC(O)C3)ccn1. The number of carbonyl (C=O) groups is 1. The number of piperidine rings is 1. The number of anilines is 1. The fourth-order valence-corrected chi connectivity index (χ4v) is 3.27. The summed E-state index contributed by atoms with van der Waals surface area (Å²) in [6.45, 7) is 0. The van der Waals surface area contributed by atoms with E-state index in [4.69, 9.17) is 5.84 Å². The molecule has 2 saturated heterocycles. The third-order valence-electron chi connectivity index (χ3n) is 4.10. The molecule has 0 radical (unpaired) electrons. The Hall–Kier alpha value is -1.66. The molecule has 3 rings (SSSR count). The molecule has 2 bridgehead atoms. The minimum Gasteiger partial charge on any atom is -0.393 e. The zero-order chi connectivity index (χ0) is 13.4. The van der Waals surface area contributed by atoms with Gasteiger partial charge in [-0.3, -0.25) is 4.79 Å². The van der Waals surface area contributed by atoms with Crippen LogP contribution in [0.5, 0.6) is 0 Å². The number of amides is 1. The van der Waals surface area contributed by atoms with Crippen LogP contribution >= 0.6 is 0 Å². The monoisotopic (exact) mass is 262 g/mol. The number of aliphatic hydroxyl groups excluding tert-OH is 1. The van der Waals surface area contributed by atoms with Crippen LogP contribution in [0.25, 0.3) is 0 Å². The minimum atomic E-state index is -0.264. The molecule has 0 spiro atoms. The normalized spacial score (nSPS) is 29.4. The minimum absolute atomic E-state index is 0.0123. The van der Waals surface area contributed by atoms with Crippen LogP contribution in [0.15, 0.2) is 18.3 Å². The van der Waals surface area contributed by atoms with Gasteiger partial charge in [-0.1, -0.05) is 0 Å². The van der Waals surface area contributed by atoms with Crippen LogP contribution in [0.3, 0.4) is 0 Å². The first kappa shape index (κ1) is 12.4. The number of nitrogens with one attached hydrogen (secondary N) is 1. The van der Waals surface area contributed by atoms with Gasteiger partial charge in [-0.15, -0.1) is 0 Å². The summed E-state index contributed by atoms with van der Waals surface area (Å²) < 4.78 is 0. The predicted octanol–water partition coefficient (Wildman–Crippen LogP) is 0.495. The summed E-state index contributed by atoms with van der Waals surface area (Å²) in [7, 11) is 0. The van der Waals surface area contributed by atoms with E-state index in [0.29, 0.717) is 24.2 Å². The molecule has 102 valence electrons. The molecule has 3 heterocycles. The van der Waals surface area contributed by atoms with Gasteiger partial charge in [-0.2, -0.15) is 0 Å². The van der Waals surface area contributed by atoms with E-state index in [2.05, 4.69) is 10.4 Å². The first-order chi connectivity index (χ1) is 9.19. The number of nitrogens with two attached hydrogens (primary N) is 1. The number of aromatic nitrogens is 1. The highest BCUT2D eigenvalue weighted by molar-refractivity contribution is 5.95. The molecule has 2 atom stereocenters. The Balaban J connectivity index is 1.84. The standard InChI is InChI=1S/C13H18N4O2/c14-16-12-5-8(3-4-15-12)13(19)17-9-1-2-10(17)7-11(18)6-9/h3-5,9-11,18H,1-2,6-7,14H2,(H,15,16). The first-order valence-electron chi connectivity index (χ1n) is 6.62. The molecule has 6 heteroatoms. The fourth-order valence-electron chi connectivity index (χ4n) is 3.27. The van der Waals surface area contributed by atoms with E-state index in [-0.39, 0.29) is 24.1 Å². The van der Waals surface area contributed by atoms with Crippen molar-refractivity contribution in [2.75, 3.05) is 5.43 Å². The molecule has 0 saturated carbocycles. The number of nitrogens with zero attached hydrogens (tertiary/aromatic N) is 2. The van der Waals surface area contributed by atoms with E-state index in [1.807, 2.05) is 4.90 Å². The Morgan fingerprint density at radius 2 is 2.11 bits per heavy atom. The van der Waals surface area contributed by atoms with E-state index in [9.17, 15) is 9.90 Å². The number of aliphatic hydroxyl groups is 1. The Kier molecular flexibility index (Phi) is 3.12. The highest BCUT2D eigenvalue weighted by Gasteiger charge is 2.42. The summed E-state index contributed by atoms with van der Waals surface area (Å²) in [4.78, 5) is 18.5. The van der Waals surface area contributed by atoms with Crippen LogP contribution < -0.4 is 11.3 Å². The van der Waals surface area contributed by atoms with Gasteiger partial charge < -0.3 is 15.4 Å². The average Bonchev–Trinajstić information content (AvgIpc) is 2.70. The molecule has 1 amide bonds. The Labute approximate surface area is 111 Å².